The molecule has 1 aromatic rings. The van der Waals surface area contributed by atoms with E-state index in [1.165, 1.54) is 0 Å². The van der Waals surface area contributed by atoms with E-state index >= 15 is 0 Å². The van der Waals surface area contributed by atoms with E-state index in [9.17, 15) is 14.7 Å². The number of carbonyl (C=O) groups excluding carboxylic acids is 2. The number of rotatable bonds is 5. The summed E-state index contributed by atoms with van der Waals surface area (Å²) >= 11 is 0. The number of carboxylic acids is 1. The Morgan fingerprint density at radius 1 is 1.44 bits per heavy atom. The molecule has 1 aromatic carbocycles. The molecule has 5 nitrogen and oxygen atoms in total. The molecule has 2 N–H and O–H groups in total. The van der Waals surface area contributed by atoms with Crippen LogP contribution in [0.5, 0.6) is 0 Å². The number of benzene rings is 1. The van der Waals surface area contributed by atoms with E-state index in [1.807, 2.05) is 25.1 Å². The van der Waals surface area contributed by atoms with Crippen LogP contribution in [0.4, 0.5) is 0 Å². The Bertz CT molecular complexity index is 473. The Hall–Kier alpha value is -1.88. The third-order valence-corrected chi connectivity index (χ3v) is 3.08. The summed E-state index contributed by atoms with van der Waals surface area (Å²) in [6.07, 6.45) is 0.599. The van der Waals surface area contributed by atoms with Gasteiger partial charge in [0.1, 0.15) is 6.54 Å². The zero-order valence-electron chi connectivity index (χ0n) is 10.3. The molecule has 0 saturated heterocycles. The van der Waals surface area contributed by atoms with Gasteiger partial charge in [0.25, 0.3) is 5.91 Å². The maximum Gasteiger partial charge on any atom is 0.259 e. The highest BCUT2D eigenvalue weighted by atomic mass is 16.4. The number of aliphatic carboxylic acids is 1. The summed E-state index contributed by atoms with van der Waals surface area (Å²) in [5.74, 6) is -1.14. The number of hydrogen-bond donors (Lipinski definition) is 1. The van der Waals surface area contributed by atoms with Crippen molar-refractivity contribution >= 4 is 11.9 Å². The van der Waals surface area contributed by atoms with Crippen molar-refractivity contribution in [1.29, 1.82) is 0 Å². The molecule has 1 atom stereocenters. The van der Waals surface area contributed by atoms with Crippen LogP contribution < -0.4 is 10.4 Å². The number of fused-ring (bicyclic) bond motifs is 1. The van der Waals surface area contributed by atoms with Crippen molar-refractivity contribution in [2.75, 3.05) is 13.1 Å². The van der Waals surface area contributed by atoms with Crippen molar-refractivity contribution in [3.63, 3.8) is 0 Å². The number of nitrogens with zero attached hydrogens (tertiary/aromatic N) is 1. The molecule has 1 aliphatic rings. The second-order valence-corrected chi connectivity index (χ2v) is 4.34. The van der Waals surface area contributed by atoms with Crippen LogP contribution in [0, 0.1) is 0 Å². The highest BCUT2D eigenvalue weighted by Crippen LogP contribution is 2.28. The molecule has 1 aliphatic heterocycles. The first-order chi connectivity index (χ1) is 8.65. The predicted octanol–water partition coefficient (Wildman–Crippen LogP) is -1.14. The van der Waals surface area contributed by atoms with Gasteiger partial charge in [0.15, 0.2) is 6.17 Å². The number of carboxylic acid groups (broad SMARTS) is 1. The van der Waals surface area contributed by atoms with Gasteiger partial charge in [-0.3, -0.25) is 9.69 Å². The molecule has 2 rings (SSSR count). The van der Waals surface area contributed by atoms with Crippen molar-refractivity contribution < 1.29 is 20.0 Å². The summed E-state index contributed by atoms with van der Waals surface area (Å²) in [7, 11) is 0. The molecule has 0 aromatic heterocycles. The number of hydrogen-bond acceptors (Lipinski definition) is 3. The number of amides is 1. The van der Waals surface area contributed by atoms with E-state index in [4.69, 9.17) is 0 Å². The first-order valence-corrected chi connectivity index (χ1v) is 6.08. The number of carbonyl (C=O) groups is 2. The monoisotopic (exact) mass is 248 g/mol. The minimum absolute atomic E-state index is 0.0213. The second kappa shape index (κ2) is 5.18. The Kier molecular flexibility index (Phi) is 3.62. The molecule has 0 radical (unpaired) electrons. The predicted molar refractivity (Wildman–Crippen MR) is 62.3 cm³/mol. The second-order valence-electron chi connectivity index (χ2n) is 4.34. The summed E-state index contributed by atoms with van der Waals surface area (Å²) in [6, 6.07) is 7.34. The van der Waals surface area contributed by atoms with Gasteiger partial charge in [-0.1, -0.05) is 25.1 Å². The van der Waals surface area contributed by atoms with Gasteiger partial charge in [0.05, 0.1) is 11.5 Å². The van der Waals surface area contributed by atoms with E-state index in [2.05, 4.69) is 0 Å². The van der Waals surface area contributed by atoms with Crippen LogP contribution in [0.1, 0.15) is 35.4 Å². The molecule has 96 valence electrons. The van der Waals surface area contributed by atoms with Gasteiger partial charge in [-0.2, -0.15) is 0 Å². The minimum atomic E-state index is -1.12. The summed E-state index contributed by atoms with van der Waals surface area (Å²) < 4.78 is 0. The lowest BCUT2D eigenvalue weighted by Crippen LogP contribution is -2.90. The highest BCUT2D eigenvalue weighted by molar-refractivity contribution is 5.98. The van der Waals surface area contributed by atoms with Crippen molar-refractivity contribution in [2.24, 2.45) is 0 Å². The molecule has 0 spiro atoms. The molecular weight excluding hydrogens is 232 g/mol. The maximum absolute atomic E-state index is 12.2. The maximum atomic E-state index is 12.2. The van der Waals surface area contributed by atoms with E-state index in [0.717, 1.165) is 12.0 Å². The van der Waals surface area contributed by atoms with Crippen LogP contribution in [0.15, 0.2) is 24.3 Å². The van der Waals surface area contributed by atoms with E-state index in [0.29, 0.717) is 12.1 Å². The van der Waals surface area contributed by atoms with Gasteiger partial charge in [-0.05, 0) is 12.5 Å². The van der Waals surface area contributed by atoms with Crippen molar-refractivity contribution in [3.05, 3.63) is 35.4 Å². The lowest BCUT2D eigenvalue weighted by atomic mass is 10.1. The van der Waals surface area contributed by atoms with Crippen LogP contribution in [0.3, 0.4) is 0 Å². The Morgan fingerprint density at radius 2 is 2.17 bits per heavy atom. The molecule has 0 bridgehead atoms. The number of quaternary nitrogens is 1. The van der Waals surface area contributed by atoms with Crippen LogP contribution in [0.2, 0.25) is 0 Å². The van der Waals surface area contributed by atoms with Gasteiger partial charge in [0.2, 0.25) is 0 Å². The van der Waals surface area contributed by atoms with Gasteiger partial charge >= 0.3 is 0 Å². The lowest BCUT2D eigenvalue weighted by Gasteiger charge is -2.22. The standard InChI is InChI=1S/C13H16N2O3/c1-2-7-15-12(14-8-11(16)17)9-5-3-4-6-10(9)13(15)18/h3-6,12,14H,2,7-8H2,1H3,(H,16,17)/t12-/m1/s1. The minimum Gasteiger partial charge on any atom is -0.544 e. The van der Waals surface area contributed by atoms with E-state index < -0.39 is 5.97 Å². The molecule has 5 heteroatoms. The summed E-state index contributed by atoms with van der Waals surface area (Å²) in [5, 5.41) is 12.2. The Morgan fingerprint density at radius 3 is 2.83 bits per heavy atom. The fourth-order valence-electron chi connectivity index (χ4n) is 2.34. The van der Waals surface area contributed by atoms with Crippen LogP contribution in [0.25, 0.3) is 0 Å². The van der Waals surface area contributed by atoms with E-state index in [1.54, 1.807) is 16.3 Å². The molecule has 1 amide bonds. The van der Waals surface area contributed by atoms with Gasteiger partial charge < -0.3 is 15.2 Å². The van der Waals surface area contributed by atoms with Crippen molar-refractivity contribution in [2.45, 2.75) is 19.5 Å². The average molecular weight is 248 g/mol. The molecule has 18 heavy (non-hydrogen) atoms. The first-order valence-electron chi connectivity index (χ1n) is 6.08. The lowest BCUT2D eigenvalue weighted by molar-refractivity contribution is -0.707. The van der Waals surface area contributed by atoms with Crippen LogP contribution in [-0.4, -0.2) is 29.9 Å². The van der Waals surface area contributed by atoms with E-state index in [-0.39, 0.29) is 18.6 Å². The Balaban J connectivity index is 2.27. The van der Waals surface area contributed by atoms with Gasteiger partial charge in [-0.15, -0.1) is 0 Å². The normalized spacial score (nSPS) is 17.9. The third-order valence-electron chi connectivity index (χ3n) is 3.08. The van der Waals surface area contributed by atoms with Crippen molar-refractivity contribution in [3.8, 4) is 0 Å². The first kappa shape index (κ1) is 12.6. The molecule has 0 saturated carbocycles. The van der Waals surface area contributed by atoms with Crippen LogP contribution >= 0.6 is 0 Å². The molecule has 0 fully saturated rings. The van der Waals surface area contributed by atoms with Crippen molar-refractivity contribution in [1.82, 2.24) is 4.90 Å². The largest absolute Gasteiger partial charge is 0.544 e. The molecule has 1 heterocycles. The molecule has 0 aliphatic carbocycles. The zero-order valence-corrected chi connectivity index (χ0v) is 10.3. The van der Waals surface area contributed by atoms with Gasteiger partial charge in [0, 0.05) is 12.1 Å². The highest BCUT2D eigenvalue weighted by Gasteiger charge is 2.38. The smallest absolute Gasteiger partial charge is 0.259 e. The summed E-state index contributed by atoms with van der Waals surface area (Å²) in [6.45, 7) is 2.47. The topological polar surface area (TPSA) is 77.0 Å². The SMILES string of the molecule is CCCN1C(=O)c2ccccc2[C@@H]1[NH2+]CC(=O)[O-]. The fourth-order valence-corrected chi connectivity index (χ4v) is 2.34. The molecule has 0 unspecified atom stereocenters. The quantitative estimate of drug-likeness (QED) is 0.716. The molecular formula is C13H16N2O3. The summed E-state index contributed by atoms with van der Waals surface area (Å²) in [5.41, 5.74) is 1.56. The van der Waals surface area contributed by atoms with Gasteiger partial charge in [-0.25, -0.2) is 0 Å². The number of nitrogens with two attached hydrogens (primary N) is 1. The Labute approximate surface area is 105 Å². The fraction of sp³-hybridized carbons (Fsp3) is 0.385. The summed E-state index contributed by atoms with van der Waals surface area (Å²) in [4.78, 5) is 24.5. The third kappa shape index (κ3) is 2.22. The average Bonchev–Trinajstić information content (AvgIpc) is 2.62. The zero-order chi connectivity index (χ0) is 13.1. The van der Waals surface area contributed by atoms with Crippen LogP contribution in [-0.2, 0) is 4.79 Å².